The van der Waals surface area contributed by atoms with E-state index in [-0.39, 0.29) is 0 Å². The molecule has 0 saturated carbocycles. The van der Waals surface area contributed by atoms with Crippen molar-refractivity contribution in [3.63, 3.8) is 0 Å². The number of hydrogen-bond donors (Lipinski definition) is 0. The van der Waals surface area contributed by atoms with Gasteiger partial charge in [-0.05, 0) is 6.42 Å². The molecule has 12 heavy (non-hydrogen) atoms. The molecule has 1 aliphatic rings. The molecular weight excluding hydrogens is 152 g/mol. The second-order valence-electron chi connectivity index (χ2n) is 3.14. The summed E-state index contributed by atoms with van der Waals surface area (Å²) in [6, 6.07) is 0. The lowest BCUT2D eigenvalue weighted by Crippen LogP contribution is -2.13. The van der Waals surface area contributed by atoms with E-state index in [0.29, 0.717) is 0 Å². The molecule has 0 atom stereocenters. The number of nitrogens with zero attached hydrogens (tertiary/aromatic N) is 2. The molecule has 0 N–H and O–H groups in total. The van der Waals surface area contributed by atoms with Gasteiger partial charge in [0.1, 0.15) is 0 Å². The fraction of sp³-hybridized carbons (Fsp3) is 0.667. The molecule has 1 aliphatic heterocycles. The molecule has 0 unspecified atom stereocenters. The Labute approximate surface area is 72.3 Å². The fourth-order valence-corrected chi connectivity index (χ4v) is 1.62. The van der Waals surface area contributed by atoms with Crippen LogP contribution in [0.5, 0.6) is 0 Å². The van der Waals surface area contributed by atoms with E-state index in [1.54, 1.807) is 0 Å². The van der Waals surface area contributed by atoms with Gasteiger partial charge in [-0.15, -0.1) is 0 Å². The third-order valence-electron chi connectivity index (χ3n) is 2.21. The Kier molecular flexibility index (Phi) is 2.13. The molecule has 0 amide bonds. The maximum Gasteiger partial charge on any atom is 0.0750 e. The van der Waals surface area contributed by atoms with Crippen LogP contribution in [-0.4, -0.2) is 16.4 Å². The predicted molar refractivity (Wildman–Crippen MR) is 45.9 cm³/mol. The van der Waals surface area contributed by atoms with Crippen LogP contribution in [0.25, 0.3) is 0 Å². The fourth-order valence-electron chi connectivity index (χ4n) is 1.62. The summed E-state index contributed by atoms with van der Waals surface area (Å²) in [7, 11) is 0. The first-order valence-electron chi connectivity index (χ1n) is 4.53. The minimum absolute atomic E-state index is 0.749. The first-order valence-corrected chi connectivity index (χ1v) is 4.53. The number of ether oxygens (including phenoxy) is 1. The van der Waals surface area contributed by atoms with Crippen molar-refractivity contribution >= 4 is 0 Å². The zero-order chi connectivity index (χ0) is 8.39. The van der Waals surface area contributed by atoms with E-state index >= 15 is 0 Å². The van der Waals surface area contributed by atoms with Gasteiger partial charge in [0.15, 0.2) is 0 Å². The standard InChI is InChI=1S/C9H14N2O/c1-2-4-11-9-3-5-12-7-8(9)6-10-11/h6H,2-5,7H2,1H3. The Hall–Kier alpha value is -0.830. The van der Waals surface area contributed by atoms with E-state index in [0.717, 1.165) is 32.6 Å². The van der Waals surface area contributed by atoms with Gasteiger partial charge in [-0.1, -0.05) is 6.92 Å². The molecule has 0 bridgehead atoms. The van der Waals surface area contributed by atoms with Gasteiger partial charge in [0.25, 0.3) is 0 Å². The molecule has 2 rings (SSSR count). The highest BCUT2D eigenvalue weighted by molar-refractivity contribution is 5.18. The van der Waals surface area contributed by atoms with Crippen LogP contribution in [0.2, 0.25) is 0 Å². The smallest absolute Gasteiger partial charge is 0.0750 e. The normalized spacial score (nSPS) is 16.1. The van der Waals surface area contributed by atoms with Crippen LogP contribution in [0, 0.1) is 0 Å². The van der Waals surface area contributed by atoms with Gasteiger partial charge in [0, 0.05) is 24.2 Å². The lowest BCUT2D eigenvalue weighted by Gasteiger charge is -2.13. The number of fused-ring (bicyclic) bond motifs is 1. The SMILES string of the molecule is CCCn1ncc2c1CCOC2. The van der Waals surface area contributed by atoms with Crippen LogP contribution >= 0.6 is 0 Å². The Bertz CT molecular complexity index is 267. The maximum absolute atomic E-state index is 5.33. The molecule has 0 aliphatic carbocycles. The topological polar surface area (TPSA) is 27.1 Å². The quantitative estimate of drug-likeness (QED) is 0.663. The number of aryl methyl sites for hydroxylation is 1. The molecule has 3 nitrogen and oxygen atoms in total. The van der Waals surface area contributed by atoms with Crippen LogP contribution in [0.1, 0.15) is 24.6 Å². The van der Waals surface area contributed by atoms with Crippen LogP contribution in [0.4, 0.5) is 0 Å². The van der Waals surface area contributed by atoms with Crippen molar-refractivity contribution in [3.05, 3.63) is 17.5 Å². The zero-order valence-electron chi connectivity index (χ0n) is 7.42. The molecular formula is C9H14N2O. The van der Waals surface area contributed by atoms with E-state index in [1.165, 1.54) is 11.3 Å². The average molecular weight is 166 g/mol. The van der Waals surface area contributed by atoms with E-state index in [4.69, 9.17) is 4.74 Å². The second-order valence-corrected chi connectivity index (χ2v) is 3.14. The summed E-state index contributed by atoms with van der Waals surface area (Å²) < 4.78 is 7.44. The van der Waals surface area contributed by atoms with Crippen molar-refractivity contribution in [2.75, 3.05) is 6.61 Å². The Balaban J connectivity index is 2.25. The predicted octanol–water partition coefficient (Wildman–Crippen LogP) is 1.37. The molecule has 1 aromatic rings. The minimum atomic E-state index is 0.749. The van der Waals surface area contributed by atoms with Crippen LogP contribution in [0.15, 0.2) is 6.20 Å². The molecule has 3 heteroatoms. The van der Waals surface area contributed by atoms with Crippen molar-refractivity contribution in [1.82, 2.24) is 9.78 Å². The van der Waals surface area contributed by atoms with Gasteiger partial charge in [-0.3, -0.25) is 4.68 Å². The molecule has 66 valence electrons. The first-order chi connectivity index (χ1) is 5.92. The van der Waals surface area contributed by atoms with E-state index in [9.17, 15) is 0 Å². The number of hydrogen-bond acceptors (Lipinski definition) is 2. The highest BCUT2D eigenvalue weighted by Gasteiger charge is 2.14. The summed E-state index contributed by atoms with van der Waals surface area (Å²) in [5, 5.41) is 4.32. The van der Waals surface area contributed by atoms with Gasteiger partial charge in [-0.25, -0.2) is 0 Å². The summed E-state index contributed by atoms with van der Waals surface area (Å²) in [6.45, 7) is 4.81. The summed E-state index contributed by atoms with van der Waals surface area (Å²) in [5.74, 6) is 0. The molecule has 0 radical (unpaired) electrons. The van der Waals surface area contributed by atoms with E-state index in [2.05, 4.69) is 16.7 Å². The Morgan fingerprint density at radius 1 is 1.67 bits per heavy atom. The Morgan fingerprint density at radius 2 is 2.58 bits per heavy atom. The molecule has 0 aromatic carbocycles. The number of rotatable bonds is 2. The summed E-state index contributed by atoms with van der Waals surface area (Å²) in [5.41, 5.74) is 2.65. The van der Waals surface area contributed by atoms with Gasteiger partial charge in [0.05, 0.1) is 19.4 Å². The zero-order valence-corrected chi connectivity index (χ0v) is 7.42. The van der Waals surface area contributed by atoms with Crippen molar-refractivity contribution in [2.24, 2.45) is 0 Å². The molecule has 0 fully saturated rings. The van der Waals surface area contributed by atoms with E-state index in [1.807, 2.05) is 6.20 Å². The van der Waals surface area contributed by atoms with Gasteiger partial charge < -0.3 is 4.74 Å². The van der Waals surface area contributed by atoms with Gasteiger partial charge >= 0.3 is 0 Å². The third kappa shape index (κ3) is 1.25. The van der Waals surface area contributed by atoms with Crippen LogP contribution in [-0.2, 0) is 24.3 Å². The van der Waals surface area contributed by atoms with Crippen molar-refractivity contribution < 1.29 is 4.74 Å². The third-order valence-corrected chi connectivity index (χ3v) is 2.21. The molecule has 1 aromatic heterocycles. The van der Waals surface area contributed by atoms with Crippen molar-refractivity contribution in [3.8, 4) is 0 Å². The minimum Gasteiger partial charge on any atom is -0.376 e. The van der Waals surface area contributed by atoms with Crippen molar-refractivity contribution in [1.29, 1.82) is 0 Å². The molecule has 2 heterocycles. The molecule has 0 saturated heterocycles. The van der Waals surface area contributed by atoms with Gasteiger partial charge in [-0.2, -0.15) is 5.10 Å². The Morgan fingerprint density at radius 3 is 3.42 bits per heavy atom. The second kappa shape index (κ2) is 3.27. The lowest BCUT2D eigenvalue weighted by atomic mass is 10.2. The lowest BCUT2D eigenvalue weighted by molar-refractivity contribution is 0.109. The summed E-state index contributed by atoms with van der Waals surface area (Å²) in [4.78, 5) is 0. The summed E-state index contributed by atoms with van der Waals surface area (Å²) in [6.07, 6.45) is 4.11. The largest absolute Gasteiger partial charge is 0.376 e. The monoisotopic (exact) mass is 166 g/mol. The van der Waals surface area contributed by atoms with Crippen LogP contribution < -0.4 is 0 Å². The van der Waals surface area contributed by atoms with Crippen molar-refractivity contribution in [2.45, 2.75) is 32.9 Å². The molecule has 0 spiro atoms. The highest BCUT2D eigenvalue weighted by Crippen LogP contribution is 2.15. The maximum atomic E-state index is 5.33. The van der Waals surface area contributed by atoms with Gasteiger partial charge in [0.2, 0.25) is 0 Å². The van der Waals surface area contributed by atoms with Crippen LogP contribution in [0.3, 0.4) is 0 Å². The average Bonchev–Trinajstić information content (AvgIpc) is 2.50. The number of aromatic nitrogens is 2. The first kappa shape index (κ1) is 7.80. The van der Waals surface area contributed by atoms with E-state index < -0.39 is 0 Å². The highest BCUT2D eigenvalue weighted by atomic mass is 16.5. The summed E-state index contributed by atoms with van der Waals surface area (Å²) >= 11 is 0.